The molecule has 1 unspecified atom stereocenters. The lowest BCUT2D eigenvalue weighted by Gasteiger charge is -2.26. The summed E-state index contributed by atoms with van der Waals surface area (Å²) in [5, 5.41) is 10.4. The molecule has 0 aromatic heterocycles. The van der Waals surface area contributed by atoms with E-state index in [1.807, 2.05) is 0 Å². The first-order valence-electron chi connectivity index (χ1n) is 7.46. The quantitative estimate of drug-likeness (QED) is 0.693. The molecule has 0 heterocycles. The van der Waals surface area contributed by atoms with Crippen LogP contribution in [0.5, 0.6) is 0 Å². The van der Waals surface area contributed by atoms with E-state index in [9.17, 15) is 22.4 Å². The van der Waals surface area contributed by atoms with Gasteiger partial charge in [-0.15, -0.1) is 0 Å². The summed E-state index contributed by atoms with van der Waals surface area (Å²) in [5.41, 5.74) is -0.755. The molecule has 1 atom stereocenters. The molecule has 1 aromatic rings. The molecule has 1 amide bonds. The van der Waals surface area contributed by atoms with Crippen molar-refractivity contribution >= 4 is 21.7 Å². The van der Waals surface area contributed by atoms with Gasteiger partial charge < -0.3 is 10.4 Å². The zero-order valence-corrected chi connectivity index (χ0v) is 14.7. The number of aliphatic carboxylic acids is 1. The Bertz CT molecular complexity index is 698. The topological polar surface area (TPSA) is 101 Å². The lowest BCUT2D eigenvalue weighted by atomic mass is 9.98. The van der Waals surface area contributed by atoms with Crippen molar-refractivity contribution in [3.05, 3.63) is 30.1 Å². The average molecular weight is 359 g/mol. The maximum Gasteiger partial charge on any atom is 0.303 e. The Morgan fingerprint density at radius 1 is 1.25 bits per heavy atom. The molecule has 1 aromatic carbocycles. The minimum absolute atomic E-state index is 0.0469. The van der Waals surface area contributed by atoms with Crippen LogP contribution in [0.2, 0.25) is 0 Å². The third-order valence-corrected chi connectivity index (χ3v) is 5.74. The van der Waals surface area contributed by atoms with Crippen LogP contribution >= 0.6 is 0 Å². The van der Waals surface area contributed by atoms with E-state index in [2.05, 4.69) is 5.32 Å². The number of carboxylic acid groups (broad SMARTS) is 1. The van der Waals surface area contributed by atoms with E-state index in [0.717, 1.165) is 24.3 Å². The van der Waals surface area contributed by atoms with E-state index in [0.29, 0.717) is 0 Å². The first kappa shape index (κ1) is 20.1. The van der Waals surface area contributed by atoms with E-state index < -0.39 is 38.3 Å². The number of sulfone groups is 1. The summed E-state index contributed by atoms with van der Waals surface area (Å²) >= 11 is 0. The molecule has 24 heavy (non-hydrogen) atoms. The van der Waals surface area contributed by atoms with Gasteiger partial charge in [-0.05, 0) is 51.5 Å². The lowest BCUT2D eigenvalue weighted by Crippen LogP contribution is -2.45. The average Bonchev–Trinajstić information content (AvgIpc) is 2.45. The predicted octanol–water partition coefficient (Wildman–Crippen LogP) is 2.14. The summed E-state index contributed by atoms with van der Waals surface area (Å²) in [4.78, 5) is 22.6. The van der Waals surface area contributed by atoms with E-state index >= 15 is 0 Å². The molecule has 8 heteroatoms. The summed E-state index contributed by atoms with van der Waals surface area (Å²) in [6.07, 6.45) is -0.139. The van der Waals surface area contributed by atoms with Crippen molar-refractivity contribution in [3.63, 3.8) is 0 Å². The summed E-state index contributed by atoms with van der Waals surface area (Å²) in [7, 11) is -3.75. The Morgan fingerprint density at radius 2 is 1.79 bits per heavy atom. The zero-order chi connectivity index (χ0) is 18.5. The van der Waals surface area contributed by atoms with Gasteiger partial charge in [-0.25, -0.2) is 12.8 Å². The molecule has 0 aliphatic carbocycles. The number of carbonyl (C=O) groups excluding carboxylic acids is 1. The summed E-state index contributed by atoms with van der Waals surface area (Å²) < 4.78 is 37.7. The van der Waals surface area contributed by atoms with Crippen molar-refractivity contribution in [2.24, 2.45) is 0 Å². The Hall–Kier alpha value is -1.96. The second-order valence-corrected chi connectivity index (χ2v) is 8.71. The fraction of sp³-hybridized carbons (Fsp3) is 0.500. The molecule has 6 nitrogen and oxygen atoms in total. The predicted molar refractivity (Wildman–Crippen MR) is 86.8 cm³/mol. The lowest BCUT2D eigenvalue weighted by molar-refractivity contribution is -0.137. The SMILES string of the molecule is CC(CC(=O)NC(C)(C)CCC(=O)O)S(=O)(=O)c1ccc(F)cc1. The first-order valence-corrected chi connectivity index (χ1v) is 9.01. The molecule has 0 spiro atoms. The van der Waals surface area contributed by atoms with Crippen LogP contribution in [0.1, 0.15) is 40.0 Å². The van der Waals surface area contributed by atoms with E-state index in [1.165, 1.54) is 6.92 Å². The van der Waals surface area contributed by atoms with Gasteiger partial charge in [0.05, 0.1) is 10.1 Å². The first-order chi connectivity index (χ1) is 10.9. The van der Waals surface area contributed by atoms with E-state index in [4.69, 9.17) is 5.11 Å². The number of rotatable bonds is 8. The van der Waals surface area contributed by atoms with Gasteiger partial charge in [-0.3, -0.25) is 9.59 Å². The highest BCUT2D eigenvalue weighted by Crippen LogP contribution is 2.19. The Labute approximate surface area is 141 Å². The van der Waals surface area contributed by atoms with Crippen molar-refractivity contribution in [1.82, 2.24) is 5.32 Å². The molecule has 0 fully saturated rings. The second-order valence-electron chi connectivity index (χ2n) is 6.34. The van der Waals surface area contributed by atoms with Crippen LogP contribution in [0.4, 0.5) is 4.39 Å². The molecule has 1 rings (SSSR count). The normalized spacial score (nSPS) is 13.3. The molecular weight excluding hydrogens is 337 g/mol. The number of halogens is 1. The summed E-state index contributed by atoms with van der Waals surface area (Å²) in [5.74, 6) is -1.99. The molecule has 0 aliphatic heterocycles. The van der Waals surface area contributed by atoms with Gasteiger partial charge >= 0.3 is 5.97 Å². The largest absolute Gasteiger partial charge is 0.481 e. The number of nitrogens with one attached hydrogen (secondary N) is 1. The van der Waals surface area contributed by atoms with Crippen LogP contribution in [0.15, 0.2) is 29.2 Å². The molecule has 0 radical (unpaired) electrons. The number of amides is 1. The van der Waals surface area contributed by atoms with Crippen molar-refractivity contribution in [3.8, 4) is 0 Å². The summed E-state index contributed by atoms with van der Waals surface area (Å²) in [6, 6.07) is 4.43. The van der Waals surface area contributed by atoms with Crippen molar-refractivity contribution < 1.29 is 27.5 Å². The number of carbonyl (C=O) groups is 2. The Kier molecular flexibility index (Phi) is 6.48. The minimum Gasteiger partial charge on any atom is -0.481 e. The van der Waals surface area contributed by atoms with Gasteiger partial charge in [-0.2, -0.15) is 0 Å². The van der Waals surface area contributed by atoms with Gasteiger partial charge in [0.2, 0.25) is 5.91 Å². The summed E-state index contributed by atoms with van der Waals surface area (Å²) in [6.45, 7) is 4.75. The maximum atomic E-state index is 12.9. The highest BCUT2D eigenvalue weighted by atomic mass is 32.2. The molecule has 0 saturated heterocycles. The molecule has 134 valence electrons. The number of carboxylic acids is 1. The van der Waals surface area contributed by atoms with Crippen LogP contribution < -0.4 is 5.32 Å². The van der Waals surface area contributed by atoms with Crippen LogP contribution in [0.3, 0.4) is 0 Å². The molecule has 2 N–H and O–H groups in total. The van der Waals surface area contributed by atoms with E-state index in [-0.39, 0.29) is 24.2 Å². The zero-order valence-electron chi connectivity index (χ0n) is 13.9. The van der Waals surface area contributed by atoms with E-state index in [1.54, 1.807) is 13.8 Å². The van der Waals surface area contributed by atoms with Gasteiger partial charge in [-0.1, -0.05) is 0 Å². The van der Waals surface area contributed by atoms with Gasteiger partial charge in [0.15, 0.2) is 9.84 Å². The molecular formula is C16H22FNO5S. The van der Waals surface area contributed by atoms with Crippen LogP contribution in [-0.4, -0.2) is 36.2 Å². The maximum absolute atomic E-state index is 12.9. The highest BCUT2D eigenvalue weighted by molar-refractivity contribution is 7.92. The van der Waals surface area contributed by atoms with Crippen molar-refractivity contribution in [2.75, 3.05) is 0 Å². The minimum atomic E-state index is -3.75. The third kappa shape index (κ3) is 5.92. The fourth-order valence-electron chi connectivity index (χ4n) is 2.14. The number of benzene rings is 1. The van der Waals surface area contributed by atoms with Crippen LogP contribution in [0.25, 0.3) is 0 Å². The number of hydrogen-bond acceptors (Lipinski definition) is 4. The van der Waals surface area contributed by atoms with Crippen molar-refractivity contribution in [1.29, 1.82) is 0 Å². The smallest absolute Gasteiger partial charge is 0.303 e. The second kappa shape index (κ2) is 7.74. The monoisotopic (exact) mass is 359 g/mol. The standard InChI is InChI=1S/C16H22FNO5S/c1-11(24(22,23)13-6-4-12(17)5-7-13)10-14(19)18-16(2,3)9-8-15(20)21/h4-7,11H,8-10H2,1-3H3,(H,18,19)(H,20,21). The van der Waals surface area contributed by atoms with Crippen LogP contribution in [0, 0.1) is 5.82 Å². The number of hydrogen-bond donors (Lipinski definition) is 2. The highest BCUT2D eigenvalue weighted by Gasteiger charge is 2.28. The van der Waals surface area contributed by atoms with Gasteiger partial charge in [0.1, 0.15) is 5.82 Å². The Balaban J connectivity index is 2.72. The molecule has 0 bridgehead atoms. The Morgan fingerprint density at radius 3 is 2.29 bits per heavy atom. The van der Waals surface area contributed by atoms with Gasteiger partial charge in [0, 0.05) is 18.4 Å². The molecule has 0 aliphatic rings. The van der Waals surface area contributed by atoms with Crippen molar-refractivity contribution in [2.45, 2.75) is 55.7 Å². The third-order valence-electron chi connectivity index (χ3n) is 3.59. The molecule has 0 saturated carbocycles. The van der Waals surface area contributed by atoms with Gasteiger partial charge in [0.25, 0.3) is 0 Å². The fourth-order valence-corrected chi connectivity index (χ4v) is 3.49. The van der Waals surface area contributed by atoms with Crippen LogP contribution in [-0.2, 0) is 19.4 Å².